The molecule has 1 aliphatic rings. The standard InChI is InChI=1S/C21H18F6N2O2/c1-13-12-28(18(30)14-2-6-16(7-3-14)20(22,23)24)10-11-29(13)19(31)15-4-8-17(9-5-15)21(25,26)27/h2-9,13H,10-12H2,1H3/t13-/m1/s1. The topological polar surface area (TPSA) is 40.6 Å². The largest absolute Gasteiger partial charge is 0.416 e. The first kappa shape index (κ1) is 22.6. The molecule has 1 heterocycles. The Morgan fingerprint density at radius 1 is 0.742 bits per heavy atom. The van der Waals surface area contributed by atoms with E-state index in [-0.39, 0.29) is 30.8 Å². The molecule has 0 radical (unpaired) electrons. The molecule has 0 saturated carbocycles. The van der Waals surface area contributed by atoms with E-state index in [1.54, 1.807) is 6.92 Å². The Morgan fingerprint density at radius 2 is 1.16 bits per heavy atom. The minimum atomic E-state index is -4.50. The predicted octanol–water partition coefficient (Wildman–Crippen LogP) is 4.71. The highest BCUT2D eigenvalue weighted by molar-refractivity contribution is 5.96. The molecular formula is C21H18F6N2O2. The maximum absolute atomic E-state index is 12.7. The Kier molecular flexibility index (Phi) is 6.02. The van der Waals surface area contributed by atoms with Crippen molar-refractivity contribution >= 4 is 11.8 Å². The molecule has 0 spiro atoms. The average Bonchev–Trinajstić information content (AvgIpc) is 2.71. The first-order chi connectivity index (χ1) is 14.4. The Hall–Kier alpha value is -3.04. The van der Waals surface area contributed by atoms with Gasteiger partial charge < -0.3 is 9.80 Å². The number of carbonyl (C=O) groups is 2. The number of halogens is 6. The second-order valence-electron chi connectivity index (χ2n) is 7.25. The van der Waals surface area contributed by atoms with Gasteiger partial charge in [0.2, 0.25) is 0 Å². The number of hydrogen-bond donors (Lipinski definition) is 0. The van der Waals surface area contributed by atoms with Crippen LogP contribution in [0.3, 0.4) is 0 Å². The SMILES string of the molecule is C[C@@H]1CN(C(=O)c2ccc(C(F)(F)F)cc2)CCN1C(=O)c1ccc(C(F)(F)F)cc1. The molecule has 31 heavy (non-hydrogen) atoms. The van der Waals surface area contributed by atoms with Gasteiger partial charge in [0, 0.05) is 36.8 Å². The summed E-state index contributed by atoms with van der Waals surface area (Å²) in [6.45, 7) is 2.13. The van der Waals surface area contributed by atoms with Crippen LogP contribution in [0.4, 0.5) is 26.3 Å². The highest BCUT2D eigenvalue weighted by atomic mass is 19.4. The van der Waals surface area contributed by atoms with E-state index in [0.29, 0.717) is 0 Å². The lowest BCUT2D eigenvalue weighted by atomic mass is 10.1. The van der Waals surface area contributed by atoms with E-state index in [1.807, 2.05) is 0 Å². The van der Waals surface area contributed by atoms with Gasteiger partial charge in [-0.15, -0.1) is 0 Å². The van der Waals surface area contributed by atoms with Crippen LogP contribution in [0.25, 0.3) is 0 Å². The van der Waals surface area contributed by atoms with Crippen LogP contribution in [0.2, 0.25) is 0 Å². The van der Waals surface area contributed by atoms with Gasteiger partial charge in [0.1, 0.15) is 0 Å². The van der Waals surface area contributed by atoms with Crippen molar-refractivity contribution in [2.45, 2.75) is 25.3 Å². The monoisotopic (exact) mass is 444 g/mol. The summed E-state index contributed by atoms with van der Waals surface area (Å²) in [5, 5.41) is 0. The van der Waals surface area contributed by atoms with Crippen LogP contribution >= 0.6 is 0 Å². The minimum absolute atomic E-state index is 0.0994. The Balaban J connectivity index is 1.66. The molecule has 166 valence electrons. The lowest BCUT2D eigenvalue weighted by molar-refractivity contribution is -0.138. The number of carbonyl (C=O) groups excluding carboxylic acids is 2. The van der Waals surface area contributed by atoms with Gasteiger partial charge in [-0.25, -0.2) is 0 Å². The van der Waals surface area contributed by atoms with Crippen molar-refractivity contribution < 1.29 is 35.9 Å². The third-order valence-corrected chi connectivity index (χ3v) is 5.09. The van der Waals surface area contributed by atoms with Crippen molar-refractivity contribution in [2.75, 3.05) is 19.6 Å². The normalized spacial score (nSPS) is 17.6. The first-order valence-corrected chi connectivity index (χ1v) is 9.32. The van der Waals surface area contributed by atoms with Crippen LogP contribution in [0.15, 0.2) is 48.5 Å². The van der Waals surface area contributed by atoms with Crippen LogP contribution in [-0.2, 0) is 12.4 Å². The molecule has 1 fully saturated rings. The summed E-state index contributed by atoms with van der Waals surface area (Å²) in [5.41, 5.74) is -1.52. The Bertz CT molecular complexity index is 952. The zero-order valence-corrected chi connectivity index (χ0v) is 16.3. The summed E-state index contributed by atoms with van der Waals surface area (Å²) in [6.07, 6.45) is -9.00. The minimum Gasteiger partial charge on any atom is -0.335 e. The fraction of sp³-hybridized carbons (Fsp3) is 0.333. The third-order valence-electron chi connectivity index (χ3n) is 5.09. The van der Waals surface area contributed by atoms with E-state index in [1.165, 1.54) is 9.80 Å². The lowest BCUT2D eigenvalue weighted by Crippen LogP contribution is -2.55. The number of rotatable bonds is 2. The van der Waals surface area contributed by atoms with Gasteiger partial charge in [0.15, 0.2) is 0 Å². The molecule has 3 rings (SSSR count). The second-order valence-corrected chi connectivity index (χ2v) is 7.25. The molecule has 2 aromatic rings. The van der Waals surface area contributed by atoms with Gasteiger partial charge in [0.25, 0.3) is 11.8 Å². The summed E-state index contributed by atoms with van der Waals surface area (Å²) < 4.78 is 76.1. The Labute approximate surface area is 174 Å². The van der Waals surface area contributed by atoms with E-state index in [4.69, 9.17) is 0 Å². The lowest BCUT2D eigenvalue weighted by Gasteiger charge is -2.40. The van der Waals surface area contributed by atoms with Gasteiger partial charge in [-0.2, -0.15) is 26.3 Å². The summed E-state index contributed by atoms with van der Waals surface area (Å²) in [5.74, 6) is -0.912. The molecular weight excluding hydrogens is 426 g/mol. The maximum Gasteiger partial charge on any atom is 0.416 e. The number of amides is 2. The summed E-state index contributed by atoms with van der Waals surface area (Å²) in [6, 6.07) is 7.34. The van der Waals surface area contributed by atoms with Crippen LogP contribution in [-0.4, -0.2) is 47.3 Å². The molecule has 1 aliphatic heterocycles. The molecule has 2 amide bonds. The second kappa shape index (κ2) is 8.24. The molecule has 0 N–H and O–H groups in total. The van der Waals surface area contributed by atoms with Gasteiger partial charge >= 0.3 is 12.4 Å². The highest BCUT2D eigenvalue weighted by Crippen LogP contribution is 2.30. The van der Waals surface area contributed by atoms with Crippen LogP contribution in [0, 0.1) is 0 Å². The molecule has 1 saturated heterocycles. The molecule has 0 bridgehead atoms. The van der Waals surface area contributed by atoms with E-state index >= 15 is 0 Å². The summed E-state index contributed by atoms with van der Waals surface area (Å²) >= 11 is 0. The average molecular weight is 444 g/mol. The smallest absolute Gasteiger partial charge is 0.335 e. The highest BCUT2D eigenvalue weighted by Gasteiger charge is 2.34. The molecule has 0 unspecified atom stereocenters. The van der Waals surface area contributed by atoms with Gasteiger partial charge in [-0.05, 0) is 55.5 Å². The molecule has 2 aromatic carbocycles. The number of alkyl halides is 6. The first-order valence-electron chi connectivity index (χ1n) is 9.32. The summed E-state index contributed by atoms with van der Waals surface area (Å²) in [7, 11) is 0. The van der Waals surface area contributed by atoms with Crippen molar-refractivity contribution in [1.29, 1.82) is 0 Å². The summed E-state index contributed by atoms with van der Waals surface area (Å²) in [4.78, 5) is 28.2. The molecule has 1 atom stereocenters. The number of hydrogen-bond acceptors (Lipinski definition) is 2. The fourth-order valence-electron chi connectivity index (χ4n) is 3.40. The van der Waals surface area contributed by atoms with Crippen molar-refractivity contribution in [3.8, 4) is 0 Å². The van der Waals surface area contributed by atoms with Crippen LogP contribution in [0.5, 0.6) is 0 Å². The van der Waals surface area contributed by atoms with E-state index in [2.05, 4.69) is 0 Å². The maximum atomic E-state index is 12.7. The van der Waals surface area contributed by atoms with Crippen molar-refractivity contribution in [2.24, 2.45) is 0 Å². The van der Waals surface area contributed by atoms with Gasteiger partial charge in [-0.1, -0.05) is 0 Å². The van der Waals surface area contributed by atoms with E-state index < -0.39 is 41.3 Å². The zero-order chi connectivity index (χ0) is 23.0. The third kappa shape index (κ3) is 5.00. The Morgan fingerprint density at radius 3 is 1.55 bits per heavy atom. The van der Waals surface area contributed by atoms with Gasteiger partial charge in [-0.3, -0.25) is 9.59 Å². The molecule has 10 heteroatoms. The van der Waals surface area contributed by atoms with Gasteiger partial charge in [0.05, 0.1) is 11.1 Å². The number of piperazine rings is 1. The van der Waals surface area contributed by atoms with Crippen molar-refractivity contribution in [1.82, 2.24) is 9.80 Å². The number of benzene rings is 2. The zero-order valence-electron chi connectivity index (χ0n) is 16.3. The fourth-order valence-corrected chi connectivity index (χ4v) is 3.40. The number of nitrogens with zero attached hydrogens (tertiary/aromatic N) is 2. The predicted molar refractivity (Wildman–Crippen MR) is 99.3 cm³/mol. The van der Waals surface area contributed by atoms with E-state index in [0.717, 1.165) is 48.5 Å². The quantitative estimate of drug-likeness (QED) is 0.630. The molecule has 0 aliphatic carbocycles. The molecule has 0 aromatic heterocycles. The van der Waals surface area contributed by atoms with Crippen LogP contribution < -0.4 is 0 Å². The van der Waals surface area contributed by atoms with Crippen molar-refractivity contribution in [3.05, 3.63) is 70.8 Å². The van der Waals surface area contributed by atoms with E-state index in [9.17, 15) is 35.9 Å². The molecule has 4 nitrogen and oxygen atoms in total. The van der Waals surface area contributed by atoms with Crippen LogP contribution in [0.1, 0.15) is 38.8 Å². The van der Waals surface area contributed by atoms with Crippen molar-refractivity contribution in [3.63, 3.8) is 0 Å².